The largest absolute Gasteiger partial charge is 0.382 e. The summed E-state index contributed by atoms with van der Waals surface area (Å²) in [5.41, 5.74) is 5.99. The van der Waals surface area contributed by atoms with E-state index in [2.05, 4.69) is 10.2 Å². The van der Waals surface area contributed by atoms with Gasteiger partial charge in [-0.1, -0.05) is 19.3 Å². The topological polar surface area (TPSA) is 75.0 Å². The lowest BCUT2D eigenvalue weighted by Gasteiger charge is -2.24. The Hall–Kier alpha value is -1.52. The molecule has 0 atom stereocenters. The number of carbonyl (C=O) groups excluding carboxylic acids is 1. The fourth-order valence-corrected chi connectivity index (χ4v) is 2.07. The van der Waals surface area contributed by atoms with E-state index in [-0.39, 0.29) is 5.91 Å². The van der Waals surface area contributed by atoms with Crippen LogP contribution in [-0.2, 0) is 0 Å². The number of likely N-dealkylation sites (tertiary alicyclic amines) is 1. The number of amides is 1. The zero-order chi connectivity index (χ0) is 11.4. The van der Waals surface area contributed by atoms with E-state index >= 15 is 0 Å². The van der Waals surface area contributed by atoms with Gasteiger partial charge in [-0.15, -0.1) is 0 Å². The van der Waals surface area contributed by atoms with Crippen LogP contribution in [0.25, 0.3) is 0 Å². The summed E-state index contributed by atoms with van der Waals surface area (Å²) in [6.45, 7) is 1.69. The van der Waals surface area contributed by atoms with Crippen LogP contribution in [0.3, 0.4) is 0 Å². The number of carbonyl (C=O) groups is 1. The van der Waals surface area contributed by atoms with Crippen LogP contribution in [0.15, 0.2) is 6.07 Å². The molecule has 1 saturated heterocycles. The quantitative estimate of drug-likeness (QED) is 0.754. The highest BCUT2D eigenvalue weighted by atomic mass is 16.2. The summed E-state index contributed by atoms with van der Waals surface area (Å²) in [5.74, 6) is 0.390. The molecule has 2 heterocycles. The van der Waals surface area contributed by atoms with Gasteiger partial charge in [0.05, 0.1) is 0 Å². The minimum atomic E-state index is 0.0195. The Bertz CT molecular complexity index is 353. The van der Waals surface area contributed by atoms with E-state index in [1.54, 1.807) is 6.07 Å². The summed E-state index contributed by atoms with van der Waals surface area (Å²) in [6.07, 6.45) is 5.91. The van der Waals surface area contributed by atoms with Gasteiger partial charge in [-0.25, -0.2) is 0 Å². The highest BCUT2D eigenvalue weighted by Crippen LogP contribution is 2.13. The average molecular weight is 222 g/mol. The molecule has 1 aromatic heterocycles. The summed E-state index contributed by atoms with van der Waals surface area (Å²) in [7, 11) is 0. The standard InChI is InChI=1S/C11H18N4O/c12-10-8-9(13-14-10)11(16)15-6-4-2-1-3-5-7-15/h8H,1-7H2,(H3,12,13,14). The molecule has 16 heavy (non-hydrogen) atoms. The first-order chi connectivity index (χ1) is 7.77. The summed E-state index contributed by atoms with van der Waals surface area (Å²) in [5, 5.41) is 6.45. The third-order valence-corrected chi connectivity index (χ3v) is 2.97. The summed E-state index contributed by atoms with van der Waals surface area (Å²) in [4.78, 5) is 14.0. The zero-order valence-electron chi connectivity index (χ0n) is 9.41. The van der Waals surface area contributed by atoms with Crippen molar-refractivity contribution >= 4 is 11.7 Å². The van der Waals surface area contributed by atoms with Crippen molar-refractivity contribution < 1.29 is 4.79 Å². The van der Waals surface area contributed by atoms with Crippen LogP contribution in [0.1, 0.15) is 42.6 Å². The second-order valence-corrected chi connectivity index (χ2v) is 4.27. The van der Waals surface area contributed by atoms with Gasteiger partial charge in [-0.3, -0.25) is 9.89 Å². The first kappa shape index (κ1) is 11.0. The number of nitrogens with two attached hydrogens (primary N) is 1. The Morgan fingerprint density at radius 2 is 1.88 bits per heavy atom. The van der Waals surface area contributed by atoms with Gasteiger partial charge < -0.3 is 10.6 Å². The molecule has 2 rings (SSSR count). The maximum Gasteiger partial charge on any atom is 0.271 e. The van der Waals surface area contributed by atoms with E-state index in [1.807, 2.05) is 4.90 Å². The van der Waals surface area contributed by atoms with Gasteiger partial charge in [-0.2, -0.15) is 5.10 Å². The summed E-state index contributed by atoms with van der Waals surface area (Å²) >= 11 is 0. The number of nitrogen functional groups attached to an aromatic ring is 1. The predicted octanol–water partition coefficient (Wildman–Crippen LogP) is 1.40. The van der Waals surface area contributed by atoms with Gasteiger partial charge in [0.2, 0.25) is 0 Å². The van der Waals surface area contributed by atoms with Crippen LogP contribution in [0.2, 0.25) is 0 Å². The van der Waals surface area contributed by atoms with Gasteiger partial charge in [0.1, 0.15) is 11.5 Å². The lowest BCUT2D eigenvalue weighted by Crippen LogP contribution is -2.34. The smallest absolute Gasteiger partial charge is 0.271 e. The number of rotatable bonds is 1. The Labute approximate surface area is 95.0 Å². The number of anilines is 1. The summed E-state index contributed by atoms with van der Waals surface area (Å²) in [6, 6.07) is 1.60. The van der Waals surface area contributed by atoms with Crippen LogP contribution in [0.4, 0.5) is 5.82 Å². The van der Waals surface area contributed by atoms with Gasteiger partial charge >= 0.3 is 0 Å². The molecule has 0 spiro atoms. The molecule has 0 aliphatic carbocycles. The molecule has 1 aliphatic rings. The third kappa shape index (κ3) is 2.53. The molecule has 1 aliphatic heterocycles. The Morgan fingerprint density at radius 3 is 2.44 bits per heavy atom. The Morgan fingerprint density at radius 1 is 1.25 bits per heavy atom. The monoisotopic (exact) mass is 222 g/mol. The molecule has 0 bridgehead atoms. The normalized spacial score (nSPS) is 17.9. The number of hydrogen-bond acceptors (Lipinski definition) is 3. The zero-order valence-corrected chi connectivity index (χ0v) is 9.41. The van der Waals surface area contributed by atoms with Crippen molar-refractivity contribution in [2.45, 2.75) is 32.1 Å². The van der Waals surface area contributed by atoms with Gasteiger partial charge in [0, 0.05) is 19.2 Å². The van der Waals surface area contributed by atoms with Crippen LogP contribution < -0.4 is 5.73 Å². The van der Waals surface area contributed by atoms with Crippen molar-refractivity contribution in [1.29, 1.82) is 0 Å². The minimum absolute atomic E-state index is 0.0195. The van der Waals surface area contributed by atoms with Crippen LogP contribution in [0.5, 0.6) is 0 Å². The molecule has 0 saturated carbocycles. The fourth-order valence-electron chi connectivity index (χ4n) is 2.07. The van der Waals surface area contributed by atoms with Crippen molar-refractivity contribution in [3.63, 3.8) is 0 Å². The number of aromatic amines is 1. The van der Waals surface area contributed by atoms with Crippen LogP contribution in [0, 0.1) is 0 Å². The van der Waals surface area contributed by atoms with E-state index in [4.69, 9.17) is 5.73 Å². The molecule has 1 fully saturated rings. The predicted molar refractivity (Wildman–Crippen MR) is 62.0 cm³/mol. The number of nitrogens with zero attached hydrogens (tertiary/aromatic N) is 2. The van der Waals surface area contributed by atoms with Crippen molar-refractivity contribution in [3.05, 3.63) is 11.8 Å². The molecule has 5 heteroatoms. The fraction of sp³-hybridized carbons (Fsp3) is 0.636. The molecule has 1 aromatic rings. The van der Waals surface area contributed by atoms with Crippen molar-refractivity contribution in [2.75, 3.05) is 18.8 Å². The number of aromatic nitrogens is 2. The molecule has 0 unspecified atom stereocenters. The van der Waals surface area contributed by atoms with E-state index in [9.17, 15) is 4.79 Å². The van der Waals surface area contributed by atoms with E-state index in [0.717, 1.165) is 25.9 Å². The number of H-pyrrole nitrogens is 1. The number of hydrogen-bond donors (Lipinski definition) is 2. The van der Waals surface area contributed by atoms with Gasteiger partial charge in [-0.05, 0) is 12.8 Å². The maximum absolute atomic E-state index is 12.1. The number of nitrogens with one attached hydrogen (secondary N) is 1. The van der Waals surface area contributed by atoms with Crippen molar-refractivity contribution in [3.8, 4) is 0 Å². The first-order valence-corrected chi connectivity index (χ1v) is 5.87. The van der Waals surface area contributed by atoms with Gasteiger partial charge in [0.25, 0.3) is 5.91 Å². The molecular formula is C11H18N4O. The molecule has 3 N–H and O–H groups in total. The molecule has 5 nitrogen and oxygen atoms in total. The van der Waals surface area contributed by atoms with E-state index in [1.165, 1.54) is 19.3 Å². The highest BCUT2D eigenvalue weighted by molar-refractivity contribution is 5.92. The lowest BCUT2D eigenvalue weighted by molar-refractivity contribution is 0.0736. The van der Waals surface area contributed by atoms with Gasteiger partial charge in [0.15, 0.2) is 0 Å². The second-order valence-electron chi connectivity index (χ2n) is 4.27. The third-order valence-electron chi connectivity index (χ3n) is 2.97. The molecule has 0 aromatic carbocycles. The summed E-state index contributed by atoms with van der Waals surface area (Å²) < 4.78 is 0. The average Bonchev–Trinajstić information content (AvgIpc) is 2.63. The SMILES string of the molecule is Nc1cc(C(=O)N2CCCCCCC2)[nH]n1. The maximum atomic E-state index is 12.1. The van der Waals surface area contributed by atoms with Crippen LogP contribution in [-0.4, -0.2) is 34.1 Å². The Kier molecular flexibility index (Phi) is 3.44. The van der Waals surface area contributed by atoms with E-state index in [0.29, 0.717) is 11.5 Å². The van der Waals surface area contributed by atoms with Crippen LogP contribution >= 0.6 is 0 Å². The van der Waals surface area contributed by atoms with Crippen molar-refractivity contribution in [1.82, 2.24) is 15.1 Å². The second kappa shape index (κ2) is 5.01. The molecule has 0 radical (unpaired) electrons. The Balaban J connectivity index is 2.01. The molecule has 88 valence electrons. The van der Waals surface area contributed by atoms with E-state index < -0.39 is 0 Å². The first-order valence-electron chi connectivity index (χ1n) is 5.87. The lowest BCUT2D eigenvalue weighted by atomic mass is 10.1. The molecule has 1 amide bonds. The highest BCUT2D eigenvalue weighted by Gasteiger charge is 2.18. The minimum Gasteiger partial charge on any atom is -0.382 e. The van der Waals surface area contributed by atoms with Crippen molar-refractivity contribution in [2.24, 2.45) is 0 Å². The molecular weight excluding hydrogens is 204 g/mol.